The molecule has 1 aromatic carbocycles. The first kappa shape index (κ1) is 10.0. The van der Waals surface area contributed by atoms with E-state index in [4.69, 9.17) is 5.73 Å². The summed E-state index contributed by atoms with van der Waals surface area (Å²) in [6.07, 6.45) is 0. The van der Waals surface area contributed by atoms with Gasteiger partial charge < -0.3 is 10.8 Å². The number of phenols is 1. The van der Waals surface area contributed by atoms with Crippen molar-refractivity contribution < 1.29 is 14.7 Å². The number of hydrogen-bond donors (Lipinski definition) is 3. The van der Waals surface area contributed by atoms with Crippen molar-refractivity contribution in [3.05, 3.63) is 29.3 Å². The van der Waals surface area contributed by atoms with E-state index in [2.05, 4.69) is 0 Å². The molecule has 1 rings (SSSR count). The number of aryl methyl sites for hydroxylation is 1. The van der Waals surface area contributed by atoms with Crippen LogP contribution in [0.15, 0.2) is 18.2 Å². The lowest BCUT2D eigenvalue weighted by atomic mass is 10.1. The first-order valence-electron chi connectivity index (χ1n) is 3.91. The van der Waals surface area contributed by atoms with E-state index in [0.717, 1.165) is 0 Å². The zero-order chi connectivity index (χ0) is 10.7. The second-order valence-electron chi connectivity index (χ2n) is 2.82. The average Bonchev–Trinajstić information content (AvgIpc) is 2.08. The molecule has 0 saturated heterocycles. The fraction of sp³-hybridized carbons (Fsp3) is 0.111. The highest BCUT2D eigenvalue weighted by molar-refractivity contribution is 6.04. The summed E-state index contributed by atoms with van der Waals surface area (Å²) in [7, 11) is 0. The molecule has 4 N–H and O–H groups in total. The SMILES string of the molecule is Cc1ccc(C(=O)NC(N)=O)cc1O. The van der Waals surface area contributed by atoms with Gasteiger partial charge in [0.1, 0.15) is 5.75 Å². The minimum absolute atomic E-state index is 0.00196. The Labute approximate surface area is 80.5 Å². The number of carbonyl (C=O) groups excluding carboxylic acids is 2. The van der Waals surface area contributed by atoms with Crippen LogP contribution in [0.3, 0.4) is 0 Å². The summed E-state index contributed by atoms with van der Waals surface area (Å²) in [5, 5.41) is 11.2. The average molecular weight is 194 g/mol. The van der Waals surface area contributed by atoms with Crippen molar-refractivity contribution in [2.24, 2.45) is 5.73 Å². The van der Waals surface area contributed by atoms with E-state index >= 15 is 0 Å². The fourth-order valence-electron chi connectivity index (χ4n) is 0.935. The Balaban J connectivity index is 2.91. The summed E-state index contributed by atoms with van der Waals surface area (Å²) in [6, 6.07) is 3.42. The molecule has 0 fully saturated rings. The number of hydrogen-bond acceptors (Lipinski definition) is 3. The van der Waals surface area contributed by atoms with Crippen molar-refractivity contribution >= 4 is 11.9 Å². The van der Waals surface area contributed by atoms with Gasteiger partial charge in [-0.15, -0.1) is 0 Å². The number of rotatable bonds is 1. The van der Waals surface area contributed by atoms with Crippen molar-refractivity contribution in [1.82, 2.24) is 5.32 Å². The molecule has 74 valence electrons. The molecule has 0 aliphatic heterocycles. The van der Waals surface area contributed by atoms with Crippen LogP contribution in [0.5, 0.6) is 5.75 Å². The maximum atomic E-state index is 11.2. The zero-order valence-electron chi connectivity index (χ0n) is 7.57. The van der Waals surface area contributed by atoms with Gasteiger partial charge in [0.05, 0.1) is 0 Å². The molecule has 3 amide bonds. The highest BCUT2D eigenvalue weighted by Gasteiger charge is 2.08. The molecule has 0 bridgehead atoms. The first-order valence-corrected chi connectivity index (χ1v) is 3.91. The quantitative estimate of drug-likeness (QED) is 0.608. The molecule has 0 atom stereocenters. The Bertz CT molecular complexity index is 388. The van der Waals surface area contributed by atoms with E-state index in [-0.39, 0.29) is 11.3 Å². The number of phenolic OH excluding ortho intramolecular Hbond substituents is 1. The van der Waals surface area contributed by atoms with Gasteiger partial charge in [0.2, 0.25) is 0 Å². The third-order valence-electron chi connectivity index (χ3n) is 1.71. The molecule has 0 radical (unpaired) electrons. The molecule has 0 aliphatic rings. The van der Waals surface area contributed by atoms with Crippen LogP contribution in [0.25, 0.3) is 0 Å². The summed E-state index contributed by atoms with van der Waals surface area (Å²) in [6.45, 7) is 1.70. The molecular weight excluding hydrogens is 184 g/mol. The van der Waals surface area contributed by atoms with Crippen LogP contribution < -0.4 is 11.1 Å². The monoisotopic (exact) mass is 194 g/mol. The third kappa shape index (κ3) is 2.22. The summed E-state index contributed by atoms with van der Waals surface area (Å²) >= 11 is 0. The molecule has 14 heavy (non-hydrogen) atoms. The maximum absolute atomic E-state index is 11.2. The molecule has 0 unspecified atom stereocenters. The Morgan fingerprint density at radius 2 is 2.07 bits per heavy atom. The second kappa shape index (κ2) is 3.78. The standard InChI is InChI=1S/C9H10N2O3/c1-5-2-3-6(4-7(5)12)8(13)11-9(10)14/h2-4,12H,1H3,(H3,10,11,13,14). The minimum Gasteiger partial charge on any atom is -0.508 e. The molecule has 1 aromatic rings. The van der Waals surface area contributed by atoms with Crippen LogP contribution in [-0.4, -0.2) is 17.0 Å². The van der Waals surface area contributed by atoms with Crippen LogP contribution >= 0.6 is 0 Å². The number of aromatic hydroxyl groups is 1. The zero-order valence-corrected chi connectivity index (χ0v) is 7.57. The van der Waals surface area contributed by atoms with Crippen molar-refractivity contribution in [2.75, 3.05) is 0 Å². The second-order valence-corrected chi connectivity index (χ2v) is 2.82. The van der Waals surface area contributed by atoms with E-state index in [1.165, 1.54) is 12.1 Å². The van der Waals surface area contributed by atoms with Crippen molar-refractivity contribution in [3.8, 4) is 5.75 Å². The van der Waals surface area contributed by atoms with Gasteiger partial charge in [-0.25, -0.2) is 4.79 Å². The summed E-state index contributed by atoms with van der Waals surface area (Å²) in [4.78, 5) is 21.6. The van der Waals surface area contributed by atoms with Gasteiger partial charge in [0.15, 0.2) is 0 Å². The van der Waals surface area contributed by atoms with Crippen LogP contribution in [0, 0.1) is 6.92 Å². The van der Waals surface area contributed by atoms with Crippen LogP contribution in [-0.2, 0) is 0 Å². The Hall–Kier alpha value is -2.04. The number of imide groups is 1. The normalized spacial score (nSPS) is 9.50. The number of carbonyl (C=O) groups is 2. The van der Waals surface area contributed by atoms with E-state index in [1.54, 1.807) is 13.0 Å². The topological polar surface area (TPSA) is 92.4 Å². The molecule has 5 heteroatoms. The predicted molar refractivity (Wildman–Crippen MR) is 49.9 cm³/mol. The molecule has 0 aromatic heterocycles. The predicted octanol–water partition coefficient (Wildman–Crippen LogP) is 0.509. The van der Waals surface area contributed by atoms with Gasteiger partial charge in [-0.3, -0.25) is 10.1 Å². The Morgan fingerprint density at radius 3 is 2.57 bits per heavy atom. The van der Waals surface area contributed by atoms with Gasteiger partial charge in [-0.2, -0.15) is 0 Å². The number of nitrogens with one attached hydrogen (secondary N) is 1. The van der Waals surface area contributed by atoms with E-state index in [1.807, 2.05) is 5.32 Å². The lowest BCUT2D eigenvalue weighted by molar-refractivity contribution is 0.0966. The van der Waals surface area contributed by atoms with E-state index < -0.39 is 11.9 Å². The first-order chi connectivity index (χ1) is 6.50. The number of nitrogens with two attached hydrogens (primary N) is 1. The number of amides is 3. The molecule has 0 saturated carbocycles. The summed E-state index contributed by atoms with van der Waals surface area (Å²) in [5.74, 6) is -0.630. The minimum atomic E-state index is -0.921. The highest BCUT2D eigenvalue weighted by Crippen LogP contribution is 2.17. The van der Waals surface area contributed by atoms with E-state index in [0.29, 0.717) is 5.56 Å². The third-order valence-corrected chi connectivity index (χ3v) is 1.71. The van der Waals surface area contributed by atoms with Crippen molar-refractivity contribution in [1.29, 1.82) is 0 Å². The highest BCUT2D eigenvalue weighted by atomic mass is 16.3. The van der Waals surface area contributed by atoms with Crippen LogP contribution in [0.4, 0.5) is 4.79 Å². The number of urea groups is 1. The molecule has 5 nitrogen and oxygen atoms in total. The summed E-state index contributed by atoms with van der Waals surface area (Å²) < 4.78 is 0. The largest absolute Gasteiger partial charge is 0.508 e. The molecule has 0 aliphatic carbocycles. The van der Waals surface area contributed by atoms with Gasteiger partial charge in [0, 0.05) is 5.56 Å². The van der Waals surface area contributed by atoms with Gasteiger partial charge in [-0.05, 0) is 24.6 Å². The lowest BCUT2D eigenvalue weighted by Crippen LogP contribution is -2.34. The number of primary amides is 1. The number of benzene rings is 1. The van der Waals surface area contributed by atoms with Gasteiger partial charge in [0.25, 0.3) is 5.91 Å². The molecule has 0 heterocycles. The smallest absolute Gasteiger partial charge is 0.319 e. The van der Waals surface area contributed by atoms with Crippen LogP contribution in [0.1, 0.15) is 15.9 Å². The van der Waals surface area contributed by atoms with Crippen molar-refractivity contribution in [3.63, 3.8) is 0 Å². The fourth-order valence-corrected chi connectivity index (χ4v) is 0.935. The van der Waals surface area contributed by atoms with Crippen molar-refractivity contribution in [2.45, 2.75) is 6.92 Å². The lowest BCUT2D eigenvalue weighted by Gasteiger charge is -2.03. The molecular formula is C9H10N2O3. The Morgan fingerprint density at radius 1 is 1.43 bits per heavy atom. The molecule has 0 spiro atoms. The Kier molecular flexibility index (Phi) is 2.71. The maximum Gasteiger partial charge on any atom is 0.319 e. The van der Waals surface area contributed by atoms with E-state index in [9.17, 15) is 14.7 Å². The van der Waals surface area contributed by atoms with Crippen LogP contribution in [0.2, 0.25) is 0 Å². The van der Waals surface area contributed by atoms with Gasteiger partial charge in [-0.1, -0.05) is 6.07 Å². The summed E-state index contributed by atoms with van der Waals surface area (Å²) in [5.41, 5.74) is 5.61. The van der Waals surface area contributed by atoms with Gasteiger partial charge >= 0.3 is 6.03 Å².